The van der Waals surface area contributed by atoms with Gasteiger partial charge in [0, 0.05) is 10.6 Å². The Bertz CT molecular complexity index is 525. The molecule has 2 nitrogen and oxygen atoms in total. The van der Waals surface area contributed by atoms with Crippen LogP contribution < -0.4 is 0 Å². The summed E-state index contributed by atoms with van der Waals surface area (Å²) in [5, 5.41) is 0.547. The number of halogens is 2. The van der Waals surface area contributed by atoms with Gasteiger partial charge in [0.25, 0.3) is 0 Å². The van der Waals surface area contributed by atoms with Crippen LogP contribution >= 0.6 is 27.5 Å². The number of aryl methyl sites for hydroxylation is 1. The van der Waals surface area contributed by atoms with Gasteiger partial charge in [-0.1, -0.05) is 11.6 Å². The Hall–Kier alpha value is -1.06. The average molecular weight is 300 g/mol. The quantitative estimate of drug-likeness (QED) is 0.777. The zero-order chi connectivity index (χ0) is 11.7. The van der Waals surface area contributed by atoms with Crippen molar-refractivity contribution in [2.45, 2.75) is 6.92 Å². The molecule has 0 radical (unpaired) electrons. The fraction of sp³-hybridized carbons (Fsp3) is 0.0833. The number of benzene rings is 1. The van der Waals surface area contributed by atoms with Gasteiger partial charge in [0.05, 0.1) is 10.7 Å². The second kappa shape index (κ2) is 4.44. The maximum atomic E-state index is 12.1. The highest BCUT2D eigenvalue weighted by Gasteiger charge is 2.16. The van der Waals surface area contributed by atoms with E-state index in [1.54, 1.807) is 24.3 Å². The molecule has 0 unspecified atom stereocenters. The molecule has 0 N–H and O–H groups in total. The van der Waals surface area contributed by atoms with E-state index in [0.717, 1.165) is 5.56 Å². The summed E-state index contributed by atoms with van der Waals surface area (Å²) in [4.78, 5) is 12.1. The number of carbonyl (C=O) groups is 1. The van der Waals surface area contributed by atoms with Gasteiger partial charge in [-0.2, -0.15) is 0 Å². The van der Waals surface area contributed by atoms with Gasteiger partial charge in [0.15, 0.2) is 5.76 Å². The summed E-state index contributed by atoms with van der Waals surface area (Å²) in [6.45, 7) is 1.89. The van der Waals surface area contributed by atoms with Crippen molar-refractivity contribution in [3.8, 4) is 0 Å². The highest BCUT2D eigenvalue weighted by Crippen LogP contribution is 2.23. The van der Waals surface area contributed by atoms with E-state index in [1.807, 2.05) is 6.92 Å². The molecule has 0 bridgehead atoms. The monoisotopic (exact) mass is 298 g/mol. The first-order valence-electron chi connectivity index (χ1n) is 4.63. The van der Waals surface area contributed by atoms with Gasteiger partial charge in [-0.05, 0) is 52.7 Å². The first-order valence-corrected chi connectivity index (χ1v) is 5.80. The van der Waals surface area contributed by atoms with Crippen molar-refractivity contribution in [1.82, 2.24) is 0 Å². The molecule has 0 saturated carbocycles. The van der Waals surface area contributed by atoms with E-state index in [1.165, 1.54) is 6.26 Å². The van der Waals surface area contributed by atoms with Crippen molar-refractivity contribution in [1.29, 1.82) is 0 Å². The summed E-state index contributed by atoms with van der Waals surface area (Å²) in [5.74, 6) is 0.115. The van der Waals surface area contributed by atoms with Gasteiger partial charge in [0.2, 0.25) is 5.78 Å². The van der Waals surface area contributed by atoms with Crippen LogP contribution in [0.1, 0.15) is 21.7 Å². The summed E-state index contributed by atoms with van der Waals surface area (Å²) in [7, 11) is 0. The highest BCUT2D eigenvalue weighted by atomic mass is 79.9. The molecule has 0 fully saturated rings. The lowest BCUT2D eigenvalue weighted by molar-refractivity contribution is 0.101. The third kappa shape index (κ3) is 2.20. The van der Waals surface area contributed by atoms with Gasteiger partial charge < -0.3 is 4.42 Å². The van der Waals surface area contributed by atoms with E-state index < -0.39 is 0 Å². The molecule has 0 aliphatic rings. The van der Waals surface area contributed by atoms with Gasteiger partial charge in [-0.15, -0.1) is 0 Å². The molecular formula is C12H8BrClO2. The highest BCUT2D eigenvalue weighted by molar-refractivity contribution is 9.10. The van der Waals surface area contributed by atoms with Crippen molar-refractivity contribution in [2.75, 3.05) is 0 Å². The van der Waals surface area contributed by atoms with Crippen LogP contribution in [-0.4, -0.2) is 5.78 Å². The Kier molecular flexibility index (Phi) is 3.17. The zero-order valence-electron chi connectivity index (χ0n) is 8.46. The zero-order valence-corrected chi connectivity index (χ0v) is 10.8. The molecule has 16 heavy (non-hydrogen) atoms. The first kappa shape index (κ1) is 11.4. The Balaban J connectivity index is 2.45. The second-order valence-electron chi connectivity index (χ2n) is 3.44. The van der Waals surface area contributed by atoms with E-state index in [0.29, 0.717) is 20.8 Å². The number of ketones is 1. The number of hydrogen-bond donors (Lipinski definition) is 0. The summed E-state index contributed by atoms with van der Waals surface area (Å²) in [6, 6.07) is 6.90. The molecule has 2 aromatic rings. The standard InChI is InChI=1S/C12H8BrClO2/c1-7-4-8(6-9(14)5-7)11(15)12-10(13)2-3-16-12/h2-6H,1H3. The summed E-state index contributed by atoms with van der Waals surface area (Å²) < 4.78 is 5.77. The van der Waals surface area contributed by atoms with Crippen molar-refractivity contribution in [3.63, 3.8) is 0 Å². The van der Waals surface area contributed by atoms with Crippen molar-refractivity contribution < 1.29 is 9.21 Å². The van der Waals surface area contributed by atoms with Crippen LogP contribution in [0.2, 0.25) is 5.02 Å². The van der Waals surface area contributed by atoms with E-state index in [9.17, 15) is 4.79 Å². The summed E-state index contributed by atoms with van der Waals surface area (Å²) in [6.07, 6.45) is 1.47. The third-order valence-corrected chi connectivity index (χ3v) is 2.97. The number of rotatable bonds is 2. The summed E-state index contributed by atoms with van der Waals surface area (Å²) >= 11 is 9.15. The first-order chi connectivity index (χ1) is 7.58. The predicted molar refractivity (Wildman–Crippen MR) is 66.0 cm³/mol. The third-order valence-electron chi connectivity index (χ3n) is 2.13. The van der Waals surface area contributed by atoms with Crippen LogP contribution in [-0.2, 0) is 0 Å². The summed E-state index contributed by atoms with van der Waals surface area (Å²) in [5.41, 5.74) is 1.47. The topological polar surface area (TPSA) is 30.2 Å². The van der Waals surface area contributed by atoms with Crippen LogP contribution in [0.25, 0.3) is 0 Å². The predicted octanol–water partition coefficient (Wildman–Crippen LogP) is 4.23. The van der Waals surface area contributed by atoms with Crippen LogP contribution in [0.15, 0.2) is 39.4 Å². The minimum Gasteiger partial charge on any atom is -0.460 e. The van der Waals surface area contributed by atoms with Crippen molar-refractivity contribution in [3.05, 3.63) is 56.9 Å². The minimum atomic E-state index is -0.178. The maximum absolute atomic E-state index is 12.1. The van der Waals surface area contributed by atoms with E-state index >= 15 is 0 Å². The molecule has 0 aliphatic heterocycles. The average Bonchev–Trinajstić information content (AvgIpc) is 2.62. The maximum Gasteiger partial charge on any atom is 0.229 e. The van der Waals surface area contributed by atoms with E-state index in [4.69, 9.17) is 16.0 Å². The van der Waals surface area contributed by atoms with Gasteiger partial charge >= 0.3 is 0 Å². The molecule has 1 aromatic carbocycles. The van der Waals surface area contributed by atoms with Gasteiger partial charge in [-0.3, -0.25) is 4.79 Å². The Morgan fingerprint density at radius 1 is 1.38 bits per heavy atom. The van der Waals surface area contributed by atoms with Crippen LogP contribution in [0.3, 0.4) is 0 Å². The lowest BCUT2D eigenvalue weighted by atomic mass is 10.1. The molecule has 0 saturated heterocycles. The molecule has 0 atom stereocenters. The molecule has 0 spiro atoms. The molecule has 2 rings (SSSR count). The largest absolute Gasteiger partial charge is 0.460 e. The normalized spacial score (nSPS) is 10.4. The Morgan fingerprint density at radius 3 is 2.69 bits per heavy atom. The fourth-order valence-corrected chi connectivity index (χ4v) is 2.13. The molecule has 4 heteroatoms. The van der Waals surface area contributed by atoms with E-state index in [2.05, 4.69) is 15.9 Å². The van der Waals surface area contributed by atoms with Gasteiger partial charge in [0.1, 0.15) is 0 Å². The molecule has 0 aliphatic carbocycles. The number of carbonyl (C=O) groups excluding carboxylic acids is 1. The molecular weight excluding hydrogens is 291 g/mol. The van der Waals surface area contributed by atoms with E-state index in [-0.39, 0.29) is 5.78 Å². The lowest BCUT2D eigenvalue weighted by Crippen LogP contribution is -2.00. The lowest BCUT2D eigenvalue weighted by Gasteiger charge is -2.01. The fourth-order valence-electron chi connectivity index (χ4n) is 1.45. The molecule has 1 aromatic heterocycles. The number of furan rings is 1. The smallest absolute Gasteiger partial charge is 0.229 e. The van der Waals surface area contributed by atoms with Crippen molar-refractivity contribution in [2.24, 2.45) is 0 Å². The van der Waals surface area contributed by atoms with Crippen LogP contribution in [0, 0.1) is 6.92 Å². The Labute approximate surface area is 106 Å². The second-order valence-corrected chi connectivity index (χ2v) is 4.73. The van der Waals surface area contributed by atoms with Crippen LogP contribution in [0.5, 0.6) is 0 Å². The molecule has 1 heterocycles. The SMILES string of the molecule is Cc1cc(Cl)cc(C(=O)c2occc2Br)c1. The van der Waals surface area contributed by atoms with Gasteiger partial charge in [-0.25, -0.2) is 0 Å². The minimum absolute atomic E-state index is 0.178. The van der Waals surface area contributed by atoms with Crippen LogP contribution in [0.4, 0.5) is 0 Å². The van der Waals surface area contributed by atoms with Crippen molar-refractivity contribution >= 4 is 33.3 Å². The molecule has 82 valence electrons. The molecule has 0 amide bonds. The Morgan fingerprint density at radius 2 is 2.12 bits per heavy atom. The number of hydrogen-bond acceptors (Lipinski definition) is 2.